The van der Waals surface area contributed by atoms with Crippen molar-refractivity contribution in [2.24, 2.45) is 17.8 Å². The molecule has 2 heterocycles. The van der Waals surface area contributed by atoms with Crippen molar-refractivity contribution in [3.63, 3.8) is 0 Å². The lowest BCUT2D eigenvalue weighted by Crippen LogP contribution is -2.63. The maximum Gasteiger partial charge on any atom is 0.228 e. The number of hydrogen-bond acceptors (Lipinski definition) is 4. The Balaban J connectivity index is 1.53. The summed E-state index contributed by atoms with van der Waals surface area (Å²) in [6, 6.07) is 1.58. The van der Waals surface area contributed by atoms with E-state index in [9.17, 15) is 4.79 Å². The fraction of sp³-hybridized carbons (Fsp3) is 0.955. The van der Waals surface area contributed by atoms with Crippen LogP contribution in [0.25, 0.3) is 0 Å². The normalized spacial score (nSPS) is 31.5. The Bertz CT molecular complexity index is 482. The molecule has 2 saturated heterocycles. The summed E-state index contributed by atoms with van der Waals surface area (Å²) in [6.45, 7) is 14.5. The summed E-state index contributed by atoms with van der Waals surface area (Å²) in [5.74, 6) is 2.29. The zero-order valence-corrected chi connectivity index (χ0v) is 18.2. The second-order valence-electron chi connectivity index (χ2n) is 9.69. The van der Waals surface area contributed by atoms with Gasteiger partial charge in [-0.15, -0.1) is 0 Å². The van der Waals surface area contributed by atoms with Gasteiger partial charge in [-0.2, -0.15) is 0 Å². The molecule has 1 saturated carbocycles. The van der Waals surface area contributed by atoms with Crippen LogP contribution in [0, 0.1) is 17.8 Å². The summed E-state index contributed by atoms with van der Waals surface area (Å²) >= 11 is 0. The quantitative estimate of drug-likeness (QED) is 0.711. The molecule has 1 atom stereocenters. The van der Waals surface area contributed by atoms with E-state index >= 15 is 0 Å². The van der Waals surface area contributed by atoms with E-state index in [1.165, 1.54) is 25.7 Å². The number of piperazine rings is 1. The van der Waals surface area contributed by atoms with Crippen LogP contribution in [-0.4, -0.2) is 85.2 Å². The third-order valence-electron chi connectivity index (χ3n) is 7.34. The third-order valence-corrected chi connectivity index (χ3v) is 7.34. The highest BCUT2D eigenvalue weighted by molar-refractivity contribution is 5.80. The minimum Gasteiger partial charge on any atom is -0.383 e. The average molecular weight is 380 g/mol. The molecule has 2 aliphatic heterocycles. The van der Waals surface area contributed by atoms with Crippen molar-refractivity contribution < 1.29 is 9.53 Å². The SMILES string of the molecule is COC[C@H]1CN(C(=O)C2CN(C(C)C)C2)CCN1C1CCC(C(C)C)CC1. The minimum atomic E-state index is 0.212. The number of ether oxygens (including phenoxy) is 1. The largest absolute Gasteiger partial charge is 0.383 e. The molecule has 0 unspecified atom stereocenters. The monoisotopic (exact) mass is 379 g/mol. The highest BCUT2D eigenvalue weighted by Crippen LogP contribution is 2.34. The summed E-state index contributed by atoms with van der Waals surface area (Å²) < 4.78 is 5.55. The number of nitrogens with zero attached hydrogens (tertiary/aromatic N) is 3. The van der Waals surface area contributed by atoms with Crippen LogP contribution < -0.4 is 0 Å². The van der Waals surface area contributed by atoms with Crippen molar-refractivity contribution in [1.29, 1.82) is 0 Å². The lowest BCUT2D eigenvalue weighted by molar-refractivity contribution is -0.146. The molecule has 1 aliphatic carbocycles. The van der Waals surface area contributed by atoms with Crippen LogP contribution in [-0.2, 0) is 9.53 Å². The lowest BCUT2D eigenvalue weighted by atomic mass is 9.79. The van der Waals surface area contributed by atoms with E-state index in [1.54, 1.807) is 7.11 Å². The van der Waals surface area contributed by atoms with Crippen molar-refractivity contribution in [2.45, 2.75) is 71.5 Å². The molecule has 156 valence electrons. The summed E-state index contributed by atoms with van der Waals surface area (Å²) in [5.41, 5.74) is 0. The van der Waals surface area contributed by atoms with Crippen molar-refractivity contribution >= 4 is 5.91 Å². The van der Waals surface area contributed by atoms with E-state index in [0.29, 0.717) is 24.0 Å². The van der Waals surface area contributed by atoms with Gasteiger partial charge in [0.15, 0.2) is 0 Å². The number of carbonyl (C=O) groups excluding carboxylic acids is 1. The molecule has 3 fully saturated rings. The van der Waals surface area contributed by atoms with E-state index in [0.717, 1.165) is 51.2 Å². The second kappa shape index (κ2) is 9.23. The van der Waals surface area contributed by atoms with Crippen LogP contribution in [0.5, 0.6) is 0 Å². The Morgan fingerprint density at radius 1 is 1.00 bits per heavy atom. The third kappa shape index (κ3) is 4.86. The standard InChI is InChI=1S/C22H41N3O2/c1-16(2)18-6-8-20(9-7-18)25-11-10-23(14-21(25)15-27-5)22(26)19-12-24(13-19)17(3)4/h16-21H,6-15H2,1-5H3/t18?,20?,21-/m1/s1. The number of likely N-dealkylation sites (tertiary alicyclic amines) is 1. The Hall–Kier alpha value is -0.650. The number of rotatable bonds is 6. The molecule has 0 aromatic heterocycles. The van der Waals surface area contributed by atoms with Crippen LogP contribution in [0.2, 0.25) is 0 Å². The van der Waals surface area contributed by atoms with Gasteiger partial charge in [0.25, 0.3) is 0 Å². The molecule has 0 bridgehead atoms. The van der Waals surface area contributed by atoms with E-state index < -0.39 is 0 Å². The van der Waals surface area contributed by atoms with Crippen molar-refractivity contribution in [1.82, 2.24) is 14.7 Å². The van der Waals surface area contributed by atoms with Gasteiger partial charge < -0.3 is 9.64 Å². The van der Waals surface area contributed by atoms with Crippen LogP contribution in [0.3, 0.4) is 0 Å². The maximum absolute atomic E-state index is 12.9. The smallest absolute Gasteiger partial charge is 0.228 e. The molecule has 5 heteroatoms. The van der Waals surface area contributed by atoms with Crippen molar-refractivity contribution in [3.8, 4) is 0 Å². The Kier molecular flexibility index (Phi) is 7.20. The van der Waals surface area contributed by atoms with Gasteiger partial charge >= 0.3 is 0 Å². The Morgan fingerprint density at radius 2 is 1.67 bits per heavy atom. The first kappa shape index (κ1) is 21.1. The number of hydrogen-bond donors (Lipinski definition) is 0. The predicted molar refractivity (Wildman–Crippen MR) is 110 cm³/mol. The Morgan fingerprint density at radius 3 is 2.22 bits per heavy atom. The van der Waals surface area contributed by atoms with Gasteiger partial charge in [0.05, 0.1) is 18.6 Å². The fourth-order valence-corrected chi connectivity index (χ4v) is 5.34. The lowest BCUT2D eigenvalue weighted by Gasteiger charge is -2.49. The molecule has 1 amide bonds. The fourth-order valence-electron chi connectivity index (χ4n) is 5.34. The van der Waals surface area contributed by atoms with E-state index in [1.807, 2.05) is 0 Å². The molecule has 3 aliphatic rings. The molecule has 0 N–H and O–H groups in total. The summed E-state index contributed by atoms with van der Waals surface area (Å²) in [5, 5.41) is 0. The highest BCUT2D eigenvalue weighted by atomic mass is 16.5. The van der Waals surface area contributed by atoms with Crippen molar-refractivity contribution in [2.75, 3.05) is 46.4 Å². The molecule has 5 nitrogen and oxygen atoms in total. The van der Waals surface area contributed by atoms with Crippen LogP contribution in [0.1, 0.15) is 53.4 Å². The summed E-state index contributed by atoms with van der Waals surface area (Å²) in [6.07, 6.45) is 5.33. The summed E-state index contributed by atoms with van der Waals surface area (Å²) in [7, 11) is 1.79. The van der Waals surface area contributed by atoms with Gasteiger partial charge in [0.2, 0.25) is 5.91 Å². The molecule has 27 heavy (non-hydrogen) atoms. The summed E-state index contributed by atoms with van der Waals surface area (Å²) in [4.78, 5) is 20.1. The van der Waals surface area contributed by atoms with Crippen LogP contribution in [0.15, 0.2) is 0 Å². The Labute approximate surface area is 166 Å². The van der Waals surface area contributed by atoms with Crippen LogP contribution >= 0.6 is 0 Å². The first-order valence-electron chi connectivity index (χ1n) is 11.2. The molecular weight excluding hydrogens is 338 g/mol. The molecule has 0 aromatic carbocycles. The first-order chi connectivity index (χ1) is 12.9. The van der Waals surface area contributed by atoms with Crippen LogP contribution in [0.4, 0.5) is 0 Å². The van der Waals surface area contributed by atoms with E-state index in [-0.39, 0.29) is 5.92 Å². The molecule has 0 radical (unpaired) electrons. The van der Waals surface area contributed by atoms with Crippen molar-refractivity contribution in [3.05, 3.63) is 0 Å². The highest BCUT2D eigenvalue weighted by Gasteiger charge is 2.40. The zero-order valence-electron chi connectivity index (χ0n) is 18.2. The predicted octanol–water partition coefficient (Wildman–Crippen LogP) is 2.70. The number of methoxy groups -OCH3 is 1. The molecular formula is C22H41N3O2. The van der Waals surface area contributed by atoms with E-state index in [4.69, 9.17) is 4.74 Å². The van der Waals surface area contributed by atoms with Gasteiger partial charge in [-0.25, -0.2) is 0 Å². The van der Waals surface area contributed by atoms with Gasteiger partial charge in [-0.1, -0.05) is 13.8 Å². The van der Waals surface area contributed by atoms with Gasteiger partial charge in [-0.3, -0.25) is 14.6 Å². The first-order valence-corrected chi connectivity index (χ1v) is 11.2. The molecule has 3 rings (SSSR count). The van der Waals surface area contributed by atoms with Gasteiger partial charge in [0, 0.05) is 51.9 Å². The van der Waals surface area contributed by atoms with Gasteiger partial charge in [0.1, 0.15) is 0 Å². The topological polar surface area (TPSA) is 36.0 Å². The van der Waals surface area contributed by atoms with E-state index in [2.05, 4.69) is 42.4 Å². The molecule has 0 spiro atoms. The molecule has 0 aromatic rings. The second-order valence-corrected chi connectivity index (χ2v) is 9.69. The average Bonchev–Trinajstić information content (AvgIpc) is 2.60. The maximum atomic E-state index is 12.9. The number of amides is 1. The van der Waals surface area contributed by atoms with Gasteiger partial charge in [-0.05, 0) is 51.4 Å². The zero-order chi connectivity index (χ0) is 19.6. The number of carbonyl (C=O) groups is 1. The minimum absolute atomic E-state index is 0.212.